The van der Waals surface area contributed by atoms with Gasteiger partial charge in [0.1, 0.15) is 19.3 Å². The van der Waals surface area contributed by atoms with Crippen LogP contribution < -0.4 is 14.8 Å². The molecule has 2 aliphatic heterocycles. The number of esters is 1. The van der Waals surface area contributed by atoms with Crippen LogP contribution in [0.25, 0.3) is 0 Å². The quantitative estimate of drug-likeness (QED) is 0.247. The van der Waals surface area contributed by atoms with Crippen molar-refractivity contribution in [3.63, 3.8) is 0 Å². The first-order chi connectivity index (χ1) is 18.0. The van der Waals surface area contributed by atoms with Crippen LogP contribution in [-0.2, 0) is 19.1 Å². The van der Waals surface area contributed by atoms with Gasteiger partial charge in [0.2, 0.25) is 5.91 Å². The maximum Gasteiger partial charge on any atom is 0.306 e. The van der Waals surface area contributed by atoms with Gasteiger partial charge in [0, 0.05) is 25.8 Å². The zero-order valence-electron chi connectivity index (χ0n) is 22.0. The Bertz CT molecular complexity index is 885. The number of likely N-dealkylation sites (tertiary alicyclic amines) is 1. The fourth-order valence-corrected chi connectivity index (χ4v) is 4.83. The lowest BCUT2D eigenvalue weighted by atomic mass is 9.99. The zero-order valence-corrected chi connectivity index (χ0v) is 22.0. The van der Waals surface area contributed by atoms with Crippen molar-refractivity contribution in [1.82, 2.24) is 10.2 Å². The molecule has 206 valence electrons. The number of fused-ring (bicyclic) bond motifs is 1. The normalized spacial score (nSPS) is 16.7. The minimum absolute atomic E-state index is 0.00480. The second-order valence-corrected chi connectivity index (χ2v) is 9.91. The Morgan fingerprint density at radius 2 is 1.70 bits per heavy atom. The smallest absolute Gasteiger partial charge is 0.306 e. The van der Waals surface area contributed by atoms with E-state index >= 15 is 0 Å². The molecule has 9 nitrogen and oxygen atoms in total. The van der Waals surface area contributed by atoms with Crippen LogP contribution in [-0.4, -0.2) is 66.7 Å². The summed E-state index contributed by atoms with van der Waals surface area (Å²) in [6.07, 6.45) is 7.27. The molecule has 0 bridgehead atoms. The first kappa shape index (κ1) is 28.8. The maximum absolute atomic E-state index is 13.0. The molecule has 2 atom stereocenters. The number of hydrogen-bond acceptors (Lipinski definition) is 7. The van der Waals surface area contributed by atoms with E-state index in [1.54, 1.807) is 6.07 Å². The van der Waals surface area contributed by atoms with Crippen LogP contribution in [0.4, 0.5) is 0 Å². The van der Waals surface area contributed by atoms with Crippen LogP contribution in [0.2, 0.25) is 0 Å². The molecule has 2 heterocycles. The molecule has 3 rings (SSSR count). The number of unbranched alkanes of at least 4 members (excludes halogenated alkanes) is 4. The molecule has 2 N–H and O–H groups in total. The van der Waals surface area contributed by atoms with Gasteiger partial charge in [0.15, 0.2) is 11.5 Å². The highest BCUT2D eigenvalue weighted by molar-refractivity contribution is 5.76. The molecule has 0 radical (unpaired) electrons. The summed E-state index contributed by atoms with van der Waals surface area (Å²) < 4.78 is 17.4. The number of ether oxygens (including phenoxy) is 3. The second-order valence-electron chi connectivity index (χ2n) is 9.91. The highest BCUT2D eigenvalue weighted by Crippen LogP contribution is 2.35. The zero-order chi connectivity index (χ0) is 26.5. The number of hydrogen-bond donors (Lipinski definition) is 2. The molecule has 1 saturated heterocycles. The third-order valence-corrected chi connectivity index (χ3v) is 6.80. The van der Waals surface area contributed by atoms with Crippen molar-refractivity contribution in [3.05, 3.63) is 23.8 Å². The number of benzene rings is 1. The van der Waals surface area contributed by atoms with E-state index in [2.05, 4.69) is 17.1 Å². The molecule has 1 aromatic rings. The Kier molecular flexibility index (Phi) is 12.0. The predicted octanol–water partition coefficient (Wildman–Crippen LogP) is 4.24. The summed E-state index contributed by atoms with van der Waals surface area (Å²) in [4.78, 5) is 39.0. The van der Waals surface area contributed by atoms with E-state index in [4.69, 9.17) is 19.3 Å². The van der Waals surface area contributed by atoms with Crippen LogP contribution >= 0.6 is 0 Å². The molecular formula is C28H42N2O7. The van der Waals surface area contributed by atoms with Crippen molar-refractivity contribution in [2.24, 2.45) is 0 Å². The molecule has 1 aromatic carbocycles. The van der Waals surface area contributed by atoms with Crippen LogP contribution in [0.3, 0.4) is 0 Å². The SMILES string of the molecule is CCCCCCCC(=O)N[C@H](CN1CCCC1)[C@H](OC(=O)CCCC(=O)O)c1ccc2c(c1)OCCO2. The van der Waals surface area contributed by atoms with E-state index in [1.165, 1.54) is 6.42 Å². The predicted molar refractivity (Wildman–Crippen MR) is 139 cm³/mol. The van der Waals surface area contributed by atoms with E-state index in [9.17, 15) is 14.4 Å². The number of amides is 1. The van der Waals surface area contributed by atoms with Crippen molar-refractivity contribution >= 4 is 17.8 Å². The number of nitrogens with zero attached hydrogens (tertiary/aromatic N) is 1. The number of carbonyl (C=O) groups is 3. The maximum atomic E-state index is 13.0. The van der Waals surface area contributed by atoms with E-state index in [-0.39, 0.29) is 25.2 Å². The monoisotopic (exact) mass is 518 g/mol. The summed E-state index contributed by atoms with van der Waals surface area (Å²) in [5.74, 6) is -0.271. The van der Waals surface area contributed by atoms with Crippen molar-refractivity contribution < 1.29 is 33.7 Å². The molecule has 0 aliphatic carbocycles. The summed E-state index contributed by atoms with van der Waals surface area (Å²) in [5, 5.41) is 12.1. The lowest BCUT2D eigenvalue weighted by molar-refractivity contribution is -0.152. The molecule has 2 aliphatic rings. The fraction of sp³-hybridized carbons (Fsp3) is 0.679. The highest BCUT2D eigenvalue weighted by Gasteiger charge is 2.32. The van der Waals surface area contributed by atoms with Gasteiger partial charge in [-0.05, 0) is 56.5 Å². The summed E-state index contributed by atoms with van der Waals surface area (Å²) in [5.41, 5.74) is 0.711. The van der Waals surface area contributed by atoms with Crippen molar-refractivity contribution in [3.8, 4) is 11.5 Å². The Morgan fingerprint density at radius 3 is 2.43 bits per heavy atom. The number of rotatable bonds is 16. The second kappa shape index (κ2) is 15.4. The van der Waals surface area contributed by atoms with Crippen molar-refractivity contribution in [1.29, 1.82) is 0 Å². The highest BCUT2D eigenvalue weighted by atomic mass is 16.6. The third-order valence-electron chi connectivity index (χ3n) is 6.80. The van der Waals surface area contributed by atoms with Crippen LogP contribution in [0.15, 0.2) is 18.2 Å². The fourth-order valence-electron chi connectivity index (χ4n) is 4.83. The van der Waals surface area contributed by atoms with Gasteiger partial charge < -0.3 is 29.5 Å². The minimum atomic E-state index is -0.950. The summed E-state index contributed by atoms with van der Waals surface area (Å²) in [6, 6.07) is 5.01. The Hall–Kier alpha value is -2.81. The molecule has 0 spiro atoms. The minimum Gasteiger partial charge on any atom is -0.486 e. The topological polar surface area (TPSA) is 114 Å². The number of carboxylic acids is 1. The number of aliphatic carboxylic acids is 1. The van der Waals surface area contributed by atoms with Crippen LogP contribution in [0, 0.1) is 0 Å². The first-order valence-electron chi connectivity index (χ1n) is 13.8. The van der Waals surface area contributed by atoms with Crippen molar-refractivity contribution in [2.45, 2.75) is 89.7 Å². The van der Waals surface area contributed by atoms with E-state index < -0.39 is 24.1 Å². The van der Waals surface area contributed by atoms with Gasteiger partial charge in [-0.15, -0.1) is 0 Å². The Labute approximate surface area is 219 Å². The largest absolute Gasteiger partial charge is 0.486 e. The summed E-state index contributed by atoms with van der Waals surface area (Å²) >= 11 is 0. The Balaban J connectivity index is 1.78. The molecule has 1 fully saturated rings. The first-order valence-corrected chi connectivity index (χ1v) is 13.8. The number of nitrogens with one attached hydrogen (secondary N) is 1. The number of carbonyl (C=O) groups excluding carboxylic acids is 2. The molecule has 9 heteroatoms. The summed E-state index contributed by atoms with van der Waals surface area (Å²) in [6.45, 7) is 5.50. The Morgan fingerprint density at radius 1 is 0.973 bits per heavy atom. The molecule has 1 amide bonds. The lowest BCUT2D eigenvalue weighted by Gasteiger charge is -2.32. The molecular weight excluding hydrogens is 476 g/mol. The average molecular weight is 519 g/mol. The van der Waals surface area contributed by atoms with Crippen LogP contribution in [0.1, 0.15) is 89.2 Å². The van der Waals surface area contributed by atoms with Crippen molar-refractivity contribution in [2.75, 3.05) is 32.8 Å². The molecule has 0 aromatic heterocycles. The van der Waals surface area contributed by atoms with Gasteiger partial charge in [-0.3, -0.25) is 14.4 Å². The van der Waals surface area contributed by atoms with Gasteiger partial charge in [0.25, 0.3) is 0 Å². The third kappa shape index (κ3) is 9.87. The van der Waals surface area contributed by atoms with Gasteiger partial charge in [-0.1, -0.05) is 38.7 Å². The summed E-state index contributed by atoms with van der Waals surface area (Å²) in [7, 11) is 0. The molecule has 0 unspecified atom stereocenters. The van der Waals surface area contributed by atoms with E-state index in [0.717, 1.165) is 51.6 Å². The molecule has 0 saturated carbocycles. The van der Waals surface area contributed by atoms with Gasteiger partial charge >= 0.3 is 11.9 Å². The van der Waals surface area contributed by atoms with Gasteiger partial charge in [0.05, 0.1) is 6.04 Å². The van der Waals surface area contributed by atoms with E-state index in [0.29, 0.717) is 43.2 Å². The van der Waals surface area contributed by atoms with Gasteiger partial charge in [-0.25, -0.2) is 0 Å². The van der Waals surface area contributed by atoms with E-state index in [1.807, 2.05) is 12.1 Å². The standard InChI is InChI=1S/C28H42N2O7/c1-2-3-4-5-6-10-25(31)29-22(20-30-15-7-8-16-30)28(37-27(34)12-9-11-26(32)33)21-13-14-23-24(19-21)36-18-17-35-23/h13-14,19,22,28H,2-12,15-18,20H2,1H3,(H,29,31)(H,32,33)/t22-,28-/m1/s1. The number of carboxylic acid groups (broad SMARTS) is 1. The lowest BCUT2D eigenvalue weighted by Crippen LogP contribution is -2.47. The van der Waals surface area contributed by atoms with Crippen LogP contribution in [0.5, 0.6) is 11.5 Å². The van der Waals surface area contributed by atoms with Gasteiger partial charge in [-0.2, -0.15) is 0 Å². The molecule has 37 heavy (non-hydrogen) atoms. The average Bonchev–Trinajstić information content (AvgIpc) is 3.39.